The molecule has 0 bridgehead atoms. The summed E-state index contributed by atoms with van der Waals surface area (Å²) in [6.45, 7) is 8.45. The van der Waals surface area contributed by atoms with Crippen molar-refractivity contribution in [1.82, 2.24) is 10.2 Å². The van der Waals surface area contributed by atoms with Gasteiger partial charge >= 0.3 is 0 Å². The molecule has 0 aromatic heterocycles. The average molecular weight is 276 g/mol. The van der Waals surface area contributed by atoms with Crippen molar-refractivity contribution in [2.24, 2.45) is 0 Å². The Hall–Kier alpha value is -0.900. The number of likely N-dealkylation sites (N-methyl/N-ethyl adjacent to an activating group) is 1. The molecule has 0 spiro atoms. The highest BCUT2D eigenvalue weighted by Gasteiger charge is 2.34. The third kappa shape index (κ3) is 3.40. The second kappa shape index (κ2) is 7.77. The Morgan fingerprint density at radius 2 is 2.10 bits per heavy atom. The van der Waals surface area contributed by atoms with Gasteiger partial charge in [0.05, 0.1) is 6.61 Å². The Morgan fingerprint density at radius 3 is 2.80 bits per heavy atom. The van der Waals surface area contributed by atoms with Crippen molar-refractivity contribution in [2.75, 3.05) is 33.4 Å². The van der Waals surface area contributed by atoms with Crippen LogP contribution < -0.4 is 5.32 Å². The van der Waals surface area contributed by atoms with E-state index in [0.717, 1.165) is 32.7 Å². The van der Waals surface area contributed by atoms with Crippen molar-refractivity contribution in [3.63, 3.8) is 0 Å². The standard InChI is InChI=1S/C17H28N2O/c1-4-10-18-17-15-9-7-6-8-14(15)13-16(17)19(5-2)11-12-20-3/h6-9,16-18H,4-5,10-13H2,1-3H3. The maximum atomic E-state index is 5.27. The van der Waals surface area contributed by atoms with Crippen LogP contribution >= 0.6 is 0 Å². The number of nitrogens with zero attached hydrogens (tertiary/aromatic N) is 1. The molecule has 0 heterocycles. The molecule has 0 saturated carbocycles. The Kier molecular flexibility index (Phi) is 6.02. The average Bonchev–Trinajstić information content (AvgIpc) is 2.84. The van der Waals surface area contributed by atoms with Gasteiger partial charge in [-0.25, -0.2) is 0 Å². The van der Waals surface area contributed by atoms with Crippen molar-refractivity contribution in [2.45, 2.75) is 38.8 Å². The van der Waals surface area contributed by atoms with E-state index in [1.54, 1.807) is 7.11 Å². The number of fused-ring (bicyclic) bond motifs is 1. The lowest BCUT2D eigenvalue weighted by Gasteiger charge is -2.32. The molecule has 1 aromatic carbocycles. The summed E-state index contributed by atoms with van der Waals surface area (Å²) in [5, 5.41) is 3.75. The maximum absolute atomic E-state index is 5.27. The van der Waals surface area contributed by atoms with Crippen molar-refractivity contribution in [3.05, 3.63) is 35.4 Å². The second-order valence-corrected chi connectivity index (χ2v) is 5.52. The van der Waals surface area contributed by atoms with Gasteiger partial charge in [-0.2, -0.15) is 0 Å². The first-order valence-corrected chi connectivity index (χ1v) is 7.86. The summed E-state index contributed by atoms with van der Waals surface area (Å²) in [4.78, 5) is 2.55. The zero-order valence-electron chi connectivity index (χ0n) is 13.1. The van der Waals surface area contributed by atoms with Gasteiger partial charge in [-0.15, -0.1) is 0 Å². The lowest BCUT2D eigenvalue weighted by Crippen LogP contribution is -2.44. The molecule has 1 aromatic rings. The second-order valence-electron chi connectivity index (χ2n) is 5.52. The number of ether oxygens (including phenoxy) is 1. The number of methoxy groups -OCH3 is 1. The predicted molar refractivity (Wildman–Crippen MR) is 84.1 cm³/mol. The minimum Gasteiger partial charge on any atom is -0.383 e. The zero-order valence-corrected chi connectivity index (χ0v) is 13.1. The number of hydrogen-bond acceptors (Lipinski definition) is 3. The summed E-state index contributed by atoms with van der Waals surface area (Å²) in [6, 6.07) is 9.89. The fourth-order valence-corrected chi connectivity index (χ4v) is 3.23. The van der Waals surface area contributed by atoms with Gasteiger partial charge in [0.1, 0.15) is 0 Å². The smallest absolute Gasteiger partial charge is 0.0589 e. The van der Waals surface area contributed by atoms with Crippen LogP contribution in [0.15, 0.2) is 24.3 Å². The lowest BCUT2D eigenvalue weighted by atomic mass is 10.1. The maximum Gasteiger partial charge on any atom is 0.0589 e. The SMILES string of the molecule is CCCNC1c2ccccc2CC1N(CC)CCOC. The van der Waals surface area contributed by atoms with E-state index in [4.69, 9.17) is 4.74 Å². The van der Waals surface area contributed by atoms with Crippen LogP contribution in [0, 0.1) is 0 Å². The van der Waals surface area contributed by atoms with E-state index in [-0.39, 0.29) is 0 Å². The van der Waals surface area contributed by atoms with E-state index in [1.807, 2.05) is 0 Å². The molecule has 0 aliphatic heterocycles. The van der Waals surface area contributed by atoms with E-state index in [0.29, 0.717) is 12.1 Å². The van der Waals surface area contributed by atoms with Gasteiger partial charge in [-0.1, -0.05) is 38.1 Å². The van der Waals surface area contributed by atoms with Gasteiger partial charge in [-0.05, 0) is 37.1 Å². The van der Waals surface area contributed by atoms with Crippen LogP contribution in [0.1, 0.15) is 37.4 Å². The molecule has 2 atom stereocenters. The van der Waals surface area contributed by atoms with Gasteiger partial charge in [0, 0.05) is 25.7 Å². The van der Waals surface area contributed by atoms with E-state index >= 15 is 0 Å². The molecule has 3 nitrogen and oxygen atoms in total. The van der Waals surface area contributed by atoms with E-state index < -0.39 is 0 Å². The fraction of sp³-hybridized carbons (Fsp3) is 0.647. The summed E-state index contributed by atoms with van der Waals surface area (Å²) < 4.78 is 5.27. The largest absolute Gasteiger partial charge is 0.383 e. The first-order chi connectivity index (χ1) is 9.81. The predicted octanol–water partition coefficient (Wildman–Crippen LogP) is 2.62. The number of rotatable bonds is 8. The van der Waals surface area contributed by atoms with Crippen LogP contribution in [0.25, 0.3) is 0 Å². The van der Waals surface area contributed by atoms with Crippen molar-refractivity contribution < 1.29 is 4.74 Å². The molecule has 1 N–H and O–H groups in total. The van der Waals surface area contributed by atoms with Crippen LogP contribution in [0.4, 0.5) is 0 Å². The summed E-state index contributed by atoms with van der Waals surface area (Å²) in [7, 11) is 1.78. The molecule has 3 heteroatoms. The molecule has 0 fully saturated rings. The minimum absolute atomic E-state index is 0.461. The number of nitrogens with one attached hydrogen (secondary N) is 1. The normalized spacial score (nSPS) is 21.4. The molecule has 1 aliphatic rings. The van der Waals surface area contributed by atoms with Crippen molar-refractivity contribution in [3.8, 4) is 0 Å². The Morgan fingerprint density at radius 1 is 1.30 bits per heavy atom. The molecule has 20 heavy (non-hydrogen) atoms. The van der Waals surface area contributed by atoms with E-state index in [2.05, 4.69) is 48.3 Å². The molecule has 112 valence electrons. The van der Waals surface area contributed by atoms with Gasteiger partial charge in [0.25, 0.3) is 0 Å². The zero-order chi connectivity index (χ0) is 14.4. The molecule has 0 radical (unpaired) electrons. The molecular formula is C17H28N2O. The van der Waals surface area contributed by atoms with Crippen LogP contribution in [0.2, 0.25) is 0 Å². The summed E-state index contributed by atoms with van der Waals surface area (Å²) in [5.41, 5.74) is 2.99. The van der Waals surface area contributed by atoms with Gasteiger partial charge in [0.15, 0.2) is 0 Å². The molecule has 1 aliphatic carbocycles. The van der Waals surface area contributed by atoms with Crippen LogP contribution in [0.5, 0.6) is 0 Å². The van der Waals surface area contributed by atoms with Gasteiger partial charge in [-0.3, -0.25) is 4.90 Å². The first kappa shape index (κ1) is 15.5. The van der Waals surface area contributed by atoms with E-state index in [1.165, 1.54) is 17.5 Å². The van der Waals surface area contributed by atoms with Crippen LogP contribution in [0.3, 0.4) is 0 Å². The number of benzene rings is 1. The Bertz CT molecular complexity index is 408. The third-order valence-electron chi connectivity index (χ3n) is 4.28. The molecular weight excluding hydrogens is 248 g/mol. The van der Waals surface area contributed by atoms with Gasteiger partial charge in [0.2, 0.25) is 0 Å². The van der Waals surface area contributed by atoms with Crippen LogP contribution in [-0.4, -0.2) is 44.3 Å². The van der Waals surface area contributed by atoms with Crippen molar-refractivity contribution >= 4 is 0 Å². The molecule has 2 unspecified atom stereocenters. The monoisotopic (exact) mass is 276 g/mol. The van der Waals surface area contributed by atoms with E-state index in [9.17, 15) is 0 Å². The molecule has 0 amide bonds. The highest BCUT2D eigenvalue weighted by Crippen LogP contribution is 2.34. The molecule has 0 saturated heterocycles. The summed E-state index contributed by atoms with van der Waals surface area (Å²) in [6.07, 6.45) is 2.32. The lowest BCUT2D eigenvalue weighted by molar-refractivity contribution is 0.111. The summed E-state index contributed by atoms with van der Waals surface area (Å²) in [5.74, 6) is 0. The van der Waals surface area contributed by atoms with Gasteiger partial charge < -0.3 is 10.1 Å². The Labute approximate surface area is 123 Å². The number of hydrogen-bond donors (Lipinski definition) is 1. The Balaban J connectivity index is 2.15. The summed E-state index contributed by atoms with van der Waals surface area (Å²) >= 11 is 0. The highest BCUT2D eigenvalue weighted by molar-refractivity contribution is 5.37. The first-order valence-electron chi connectivity index (χ1n) is 7.86. The third-order valence-corrected chi connectivity index (χ3v) is 4.28. The quantitative estimate of drug-likeness (QED) is 0.790. The van der Waals surface area contributed by atoms with Crippen LogP contribution in [-0.2, 0) is 11.2 Å². The minimum atomic E-state index is 0.461. The topological polar surface area (TPSA) is 24.5 Å². The fourth-order valence-electron chi connectivity index (χ4n) is 3.23. The highest BCUT2D eigenvalue weighted by atomic mass is 16.5. The van der Waals surface area contributed by atoms with Crippen molar-refractivity contribution in [1.29, 1.82) is 0 Å². The molecule has 2 rings (SSSR count).